The molecule has 2 rings (SSSR count). The van der Waals surface area contributed by atoms with E-state index in [9.17, 15) is 5.11 Å². The van der Waals surface area contributed by atoms with E-state index >= 15 is 0 Å². The minimum atomic E-state index is -0.868. The first-order valence-corrected chi connectivity index (χ1v) is 4.58. The number of hydrogen-bond donors (Lipinski definition) is 2. The van der Waals surface area contributed by atoms with E-state index in [1.807, 2.05) is 18.2 Å². The van der Waals surface area contributed by atoms with Crippen LogP contribution in [0.5, 0.6) is 0 Å². The van der Waals surface area contributed by atoms with Crippen LogP contribution in [-0.4, -0.2) is 15.6 Å². The number of rotatable bonds is 0. The topological polar surface area (TPSA) is 56.6 Å². The highest BCUT2D eigenvalue weighted by atomic mass is 32.1. The van der Waals surface area contributed by atoms with Crippen molar-refractivity contribution in [1.29, 1.82) is 0 Å². The summed E-state index contributed by atoms with van der Waals surface area (Å²) in [6.45, 7) is 0. The maximum absolute atomic E-state index is 9.77. The van der Waals surface area contributed by atoms with Crippen LogP contribution in [0.15, 0.2) is 30.3 Å². The highest BCUT2D eigenvalue weighted by Crippen LogP contribution is 2.32. The standard InChI is InChI=1S/C10H8N2OS/c11-12-8-5-9(14)6-3-1-2-4-7(6)10(8)13/h1-5,10,13-14H. The monoisotopic (exact) mass is 204 g/mol. The molecular weight excluding hydrogens is 196 g/mol. The molecule has 1 N–H and O–H groups in total. The minimum Gasteiger partial charge on any atom is -0.376 e. The Bertz CT molecular complexity index is 461. The van der Waals surface area contributed by atoms with Crippen LogP contribution in [0.25, 0.3) is 10.4 Å². The number of aliphatic hydroxyl groups is 1. The molecule has 1 atom stereocenters. The maximum atomic E-state index is 9.77. The summed E-state index contributed by atoms with van der Waals surface area (Å²) in [6.07, 6.45) is 0.683. The van der Waals surface area contributed by atoms with Crippen molar-refractivity contribution in [3.63, 3.8) is 0 Å². The maximum Gasteiger partial charge on any atom is 0.325 e. The first kappa shape index (κ1) is 9.21. The number of nitrogens with zero attached hydrogens (tertiary/aromatic N) is 2. The van der Waals surface area contributed by atoms with E-state index in [4.69, 9.17) is 5.53 Å². The number of hydrogen-bond acceptors (Lipinski definition) is 2. The molecule has 0 saturated carbocycles. The predicted molar refractivity (Wildman–Crippen MR) is 57.0 cm³/mol. The fourth-order valence-corrected chi connectivity index (χ4v) is 1.84. The quantitative estimate of drug-likeness (QED) is 0.377. The van der Waals surface area contributed by atoms with E-state index in [1.165, 1.54) is 0 Å². The summed E-state index contributed by atoms with van der Waals surface area (Å²) >= 11 is 4.25. The first-order valence-electron chi connectivity index (χ1n) is 4.14. The van der Waals surface area contributed by atoms with Crippen LogP contribution < -0.4 is 0 Å². The van der Waals surface area contributed by atoms with Gasteiger partial charge >= 0.3 is 5.71 Å². The molecule has 70 valence electrons. The van der Waals surface area contributed by atoms with Gasteiger partial charge in [-0.05, 0) is 5.56 Å². The molecule has 0 heterocycles. The molecule has 14 heavy (non-hydrogen) atoms. The zero-order valence-corrected chi connectivity index (χ0v) is 8.15. The van der Waals surface area contributed by atoms with Crippen LogP contribution in [0.2, 0.25) is 0 Å². The van der Waals surface area contributed by atoms with Crippen LogP contribution in [0.3, 0.4) is 0 Å². The van der Waals surface area contributed by atoms with Crippen molar-refractivity contribution in [3.05, 3.63) is 47.0 Å². The summed E-state index contributed by atoms with van der Waals surface area (Å²) in [4.78, 5) is 3.71. The van der Waals surface area contributed by atoms with Crippen LogP contribution >= 0.6 is 12.6 Å². The lowest BCUT2D eigenvalue weighted by molar-refractivity contribution is -0.0188. The van der Waals surface area contributed by atoms with Gasteiger partial charge in [-0.25, -0.2) is 0 Å². The van der Waals surface area contributed by atoms with E-state index < -0.39 is 6.10 Å². The number of aliphatic hydroxyl groups excluding tert-OH is 1. The second-order valence-electron chi connectivity index (χ2n) is 3.04. The van der Waals surface area contributed by atoms with Gasteiger partial charge in [-0.15, -0.1) is 12.6 Å². The van der Waals surface area contributed by atoms with Gasteiger partial charge in [0, 0.05) is 16.5 Å². The van der Waals surface area contributed by atoms with E-state index in [0.29, 0.717) is 10.5 Å². The summed E-state index contributed by atoms with van der Waals surface area (Å²) < 4.78 is 0. The van der Waals surface area contributed by atoms with Gasteiger partial charge in [-0.3, -0.25) is 0 Å². The zero-order valence-electron chi connectivity index (χ0n) is 7.25. The second kappa shape index (κ2) is 3.42. The molecule has 0 saturated heterocycles. The van der Waals surface area contributed by atoms with Gasteiger partial charge in [0.15, 0.2) is 6.10 Å². The van der Waals surface area contributed by atoms with Crippen molar-refractivity contribution in [2.24, 2.45) is 0 Å². The van der Waals surface area contributed by atoms with Crippen LogP contribution in [0.4, 0.5) is 0 Å². The van der Waals surface area contributed by atoms with Gasteiger partial charge < -0.3 is 10.6 Å². The lowest BCUT2D eigenvalue weighted by Gasteiger charge is -2.15. The fourth-order valence-electron chi connectivity index (χ4n) is 1.51. The van der Waals surface area contributed by atoms with Gasteiger partial charge in [0.05, 0.1) is 0 Å². The third kappa shape index (κ3) is 1.30. The van der Waals surface area contributed by atoms with E-state index in [1.54, 1.807) is 12.1 Å². The van der Waals surface area contributed by atoms with Gasteiger partial charge in [0.1, 0.15) is 0 Å². The van der Waals surface area contributed by atoms with Crippen molar-refractivity contribution >= 4 is 23.2 Å². The molecule has 0 spiro atoms. The average Bonchev–Trinajstić information content (AvgIpc) is 2.23. The molecular formula is C10H8N2OS. The Morgan fingerprint density at radius 3 is 2.79 bits per heavy atom. The highest BCUT2D eigenvalue weighted by Gasteiger charge is 2.28. The first-order chi connectivity index (χ1) is 6.74. The number of fused-ring (bicyclic) bond motifs is 1. The Labute approximate surface area is 86.7 Å². The lowest BCUT2D eigenvalue weighted by atomic mass is 9.93. The van der Waals surface area contributed by atoms with Gasteiger partial charge in [0.25, 0.3) is 0 Å². The average molecular weight is 204 g/mol. The van der Waals surface area contributed by atoms with Gasteiger partial charge in [-0.1, -0.05) is 24.3 Å². The summed E-state index contributed by atoms with van der Waals surface area (Å²) in [6, 6.07) is 7.35. The predicted octanol–water partition coefficient (Wildman–Crippen LogP) is 1.68. The smallest absolute Gasteiger partial charge is 0.325 e. The Kier molecular flexibility index (Phi) is 2.25. The molecule has 4 heteroatoms. The van der Waals surface area contributed by atoms with Crippen molar-refractivity contribution < 1.29 is 9.90 Å². The SMILES string of the molecule is [N-]=[N+]=C1C=C(S)c2ccccc2C1O. The normalized spacial score (nSPS) is 19.7. The lowest BCUT2D eigenvalue weighted by Crippen LogP contribution is -2.16. The number of thiol groups is 1. The van der Waals surface area contributed by atoms with Crippen LogP contribution in [-0.2, 0) is 0 Å². The molecule has 0 fully saturated rings. The minimum absolute atomic E-state index is 0.216. The largest absolute Gasteiger partial charge is 0.376 e. The Morgan fingerprint density at radius 2 is 2.07 bits per heavy atom. The van der Waals surface area contributed by atoms with Crippen molar-refractivity contribution in [2.75, 3.05) is 0 Å². The Morgan fingerprint density at radius 1 is 1.36 bits per heavy atom. The molecule has 1 aromatic rings. The number of benzene rings is 1. The molecule has 0 amide bonds. The van der Waals surface area contributed by atoms with E-state index in [2.05, 4.69) is 17.4 Å². The highest BCUT2D eigenvalue weighted by molar-refractivity contribution is 7.90. The van der Waals surface area contributed by atoms with Crippen molar-refractivity contribution in [2.45, 2.75) is 6.10 Å². The van der Waals surface area contributed by atoms with Gasteiger partial charge in [0.2, 0.25) is 0 Å². The zero-order chi connectivity index (χ0) is 10.1. The van der Waals surface area contributed by atoms with Crippen LogP contribution in [0, 0.1) is 0 Å². The van der Waals surface area contributed by atoms with E-state index in [0.717, 1.165) is 5.56 Å². The summed E-state index contributed by atoms with van der Waals surface area (Å²) in [5.41, 5.74) is 10.5. The molecule has 1 aromatic carbocycles. The van der Waals surface area contributed by atoms with Crippen LogP contribution in [0.1, 0.15) is 17.2 Å². The molecule has 1 aliphatic rings. The third-order valence-electron chi connectivity index (χ3n) is 2.21. The van der Waals surface area contributed by atoms with Gasteiger partial charge in [-0.2, -0.15) is 4.79 Å². The Hall–Kier alpha value is -1.35. The molecule has 3 nitrogen and oxygen atoms in total. The second-order valence-corrected chi connectivity index (χ2v) is 3.53. The molecule has 0 bridgehead atoms. The summed E-state index contributed by atoms with van der Waals surface area (Å²) in [5, 5.41) is 9.77. The third-order valence-corrected chi connectivity index (χ3v) is 2.58. The van der Waals surface area contributed by atoms with Crippen molar-refractivity contribution in [1.82, 2.24) is 0 Å². The molecule has 0 radical (unpaired) electrons. The van der Waals surface area contributed by atoms with E-state index in [-0.39, 0.29) is 5.71 Å². The molecule has 0 aromatic heterocycles. The molecule has 1 aliphatic carbocycles. The van der Waals surface area contributed by atoms with Crippen molar-refractivity contribution in [3.8, 4) is 0 Å². The summed E-state index contributed by atoms with van der Waals surface area (Å²) in [5.74, 6) is 0. The summed E-state index contributed by atoms with van der Waals surface area (Å²) in [7, 11) is 0. The molecule has 0 aliphatic heterocycles. The Balaban J connectivity index is 2.68. The molecule has 1 unspecified atom stereocenters. The fraction of sp³-hybridized carbons (Fsp3) is 0.100.